The fraction of sp³-hybridized carbons (Fsp3) is 0.308. The summed E-state index contributed by atoms with van der Waals surface area (Å²) in [6, 6.07) is 4.62. The number of anilines is 1. The Bertz CT molecular complexity index is 539. The van der Waals surface area contributed by atoms with Crippen molar-refractivity contribution in [2.75, 3.05) is 11.4 Å². The molecule has 0 N–H and O–H groups in total. The second kappa shape index (κ2) is 4.90. The predicted octanol–water partition coefficient (Wildman–Crippen LogP) is 2.24. The Labute approximate surface area is 110 Å². The molecule has 1 aromatic carbocycles. The minimum Gasteiger partial charge on any atom is -0.298 e. The van der Waals surface area contributed by atoms with Crippen LogP contribution in [0, 0.1) is 0 Å². The van der Waals surface area contributed by atoms with E-state index in [0.29, 0.717) is 22.7 Å². The number of halogens is 1. The van der Waals surface area contributed by atoms with Crippen molar-refractivity contribution in [2.24, 2.45) is 0 Å². The molecule has 18 heavy (non-hydrogen) atoms. The van der Waals surface area contributed by atoms with Gasteiger partial charge in [0.15, 0.2) is 5.78 Å². The van der Waals surface area contributed by atoms with Gasteiger partial charge in [-0.1, -0.05) is 18.5 Å². The number of amides is 1. The summed E-state index contributed by atoms with van der Waals surface area (Å²) in [4.78, 5) is 36.3. The van der Waals surface area contributed by atoms with Crippen LogP contribution in [0.1, 0.15) is 30.1 Å². The summed E-state index contributed by atoms with van der Waals surface area (Å²) < 4.78 is 0. The van der Waals surface area contributed by atoms with Crippen LogP contribution in [-0.4, -0.2) is 24.0 Å². The molecule has 1 heterocycles. The number of hydrogen-bond donors (Lipinski definition) is 0. The maximum atomic E-state index is 11.8. The van der Waals surface area contributed by atoms with Crippen molar-refractivity contribution < 1.29 is 14.4 Å². The molecule has 1 amide bonds. The number of fused-ring (bicyclic) bond motifs is 1. The highest BCUT2D eigenvalue weighted by atomic mass is 35.5. The average Bonchev–Trinajstić information content (AvgIpc) is 2.55. The molecule has 1 aliphatic rings. The zero-order chi connectivity index (χ0) is 13.3. The molecule has 0 spiro atoms. The van der Waals surface area contributed by atoms with Gasteiger partial charge in [-0.3, -0.25) is 19.3 Å². The molecule has 0 aliphatic carbocycles. The first kappa shape index (κ1) is 12.8. The third-order valence-corrected chi connectivity index (χ3v) is 3.03. The van der Waals surface area contributed by atoms with Gasteiger partial charge in [-0.2, -0.15) is 0 Å². The number of carbonyl (C=O) groups is 3. The van der Waals surface area contributed by atoms with Gasteiger partial charge >= 0.3 is 0 Å². The van der Waals surface area contributed by atoms with Crippen molar-refractivity contribution in [3.05, 3.63) is 28.8 Å². The molecule has 0 unspecified atom stereocenters. The Balaban J connectivity index is 2.33. The van der Waals surface area contributed by atoms with Crippen LogP contribution in [0.5, 0.6) is 0 Å². The quantitative estimate of drug-likeness (QED) is 0.785. The van der Waals surface area contributed by atoms with E-state index >= 15 is 0 Å². The van der Waals surface area contributed by atoms with Crippen molar-refractivity contribution in [1.29, 1.82) is 0 Å². The Morgan fingerprint density at radius 1 is 1.33 bits per heavy atom. The van der Waals surface area contributed by atoms with Crippen molar-refractivity contribution in [1.82, 2.24) is 0 Å². The minimum absolute atomic E-state index is 0.0634. The lowest BCUT2D eigenvalue weighted by Gasteiger charge is -2.15. The zero-order valence-electron chi connectivity index (χ0n) is 9.90. The van der Waals surface area contributed by atoms with E-state index in [0.717, 1.165) is 6.42 Å². The largest absolute Gasteiger partial charge is 0.299 e. The summed E-state index contributed by atoms with van der Waals surface area (Å²) in [5, 5.41) is 0.434. The van der Waals surface area contributed by atoms with Crippen LogP contribution in [0.15, 0.2) is 18.2 Å². The van der Waals surface area contributed by atoms with Gasteiger partial charge in [-0.05, 0) is 24.6 Å². The molecular weight excluding hydrogens is 254 g/mol. The van der Waals surface area contributed by atoms with Gasteiger partial charge in [-0.25, -0.2) is 0 Å². The molecule has 0 atom stereocenters. The van der Waals surface area contributed by atoms with Crippen molar-refractivity contribution in [3.63, 3.8) is 0 Å². The van der Waals surface area contributed by atoms with Crippen LogP contribution in [0.2, 0.25) is 5.02 Å². The van der Waals surface area contributed by atoms with Gasteiger partial charge in [0.05, 0.1) is 17.8 Å². The molecule has 0 aromatic heterocycles. The Morgan fingerprint density at radius 3 is 2.72 bits per heavy atom. The number of hydrogen-bond acceptors (Lipinski definition) is 3. The molecule has 0 saturated heterocycles. The average molecular weight is 266 g/mol. The van der Waals surface area contributed by atoms with Crippen LogP contribution < -0.4 is 4.90 Å². The number of rotatable bonds is 4. The van der Waals surface area contributed by atoms with Crippen LogP contribution in [0.3, 0.4) is 0 Å². The molecule has 0 saturated carbocycles. The molecule has 2 rings (SSSR count). The number of carbonyl (C=O) groups excluding carboxylic acids is 3. The van der Waals surface area contributed by atoms with Gasteiger partial charge in [0.1, 0.15) is 0 Å². The Kier molecular flexibility index (Phi) is 3.48. The van der Waals surface area contributed by atoms with Gasteiger partial charge in [0, 0.05) is 11.4 Å². The minimum atomic E-state index is -0.656. The Morgan fingerprint density at radius 2 is 2.06 bits per heavy atom. The normalized spacial score (nSPS) is 14.0. The topological polar surface area (TPSA) is 54.5 Å². The third-order valence-electron chi connectivity index (χ3n) is 2.80. The number of Topliss-reactive ketones (excluding diaryl/α,β-unsaturated/α-hetero) is 2. The number of nitrogens with zero attached hydrogens (tertiary/aromatic N) is 1. The van der Waals surface area contributed by atoms with Crippen LogP contribution in [-0.2, 0) is 9.59 Å². The van der Waals surface area contributed by atoms with E-state index in [2.05, 4.69) is 0 Å². The van der Waals surface area contributed by atoms with Gasteiger partial charge in [-0.15, -0.1) is 0 Å². The first-order valence-electron chi connectivity index (χ1n) is 5.72. The van der Waals surface area contributed by atoms with E-state index in [-0.39, 0.29) is 12.3 Å². The van der Waals surface area contributed by atoms with E-state index in [4.69, 9.17) is 11.6 Å². The Hall–Kier alpha value is -1.68. The zero-order valence-corrected chi connectivity index (χ0v) is 10.7. The lowest BCUT2D eigenvalue weighted by molar-refractivity contribution is -0.120. The molecule has 5 heteroatoms. The first-order valence-corrected chi connectivity index (χ1v) is 6.10. The van der Waals surface area contributed by atoms with E-state index in [1.54, 1.807) is 12.1 Å². The summed E-state index contributed by atoms with van der Waals surface area (Å²) in [5.41, 5.74) is 0.746. The number of ketones is 2. The van der Waals surface area contributed by atoms with Crippen molar-refractivity contribution in [2.45, 2.75) is 19.8 Å². The molecule has 0 fully saturated rings. The lowest BCUT2D eigenvalue weighted by atomic mass is 10.1. The lowest BCUT2D eigenvalue weighted by Crippen LogP contribution is -2.34. The summed E-state index contributed by atoms with van der Waals surface area (Å²) >= 11 is 5.85. The summed E-state index contributed by atoms with van der Waals surface area (Å²) in [5.74, 6) is -1.30. The highest BCUT2D eigenvalue weighted by Crippen LogP contribution is 2.31. The van der Waals surface area contributed by atoms with Gasteiger partial charge < -0.3 is 0 Å². The molecule has 1 aliphatic heterocycles. The molecule has 1 aromatic rings. The summed E-state index contributed by atoms with van der Waals surface area (Å²) in [6.45, 7) is 1.82. The smallest absolute Gasteiger partial charge is 0.298 e. The van der Waals surface area contributed by atoms with Crippen LogP contribution in [0.25, 0.3) is 0 Å². The number of benzene rings is 1. The van der Waals surface area contributed by atoms with E-state index in [1.165, 1.54) is 11.0 Å². The van der Waals surface area contributed by atoms with Gasteiger partial charge in [0.25, 0.3) is 11.7 Å². The molecule has 94 valence electrons. The van der Waals surface area contributed by atoms with E-state index in [9.17, 15) is 14.4 Å². The highest BCUT2D eigenvalue weighted by molar-refractivity contribution is 6.53. The van der Waals surface area contributed by atoms with Gasteiger partial charge in [0.2, 0.25) is 0 Å². The third kappa shape index (κ3) is 2.16. The van der Waals surface area contributed by atoms with Crippen LogP contribution in [0.4, 0.5) is 5.69 Å². The second-order valence-corrected chi connectivity index (χ2v) is 4.61. The first-order chi connectivity index (χ1) is 8.54. The SMILES string of the molecule is CCCC(=O)CN1C(=O)C(=O)c2ccc(Cl)cc21. The van der Waals surface area contributed by atoms with Crippen molar-refractivity contribution in [3.8, 4) is 0 Å². The molecule has 0 radical (unpaired) electrons. The second-order valence-electron chi connectivity index (χ2n) is 4.17. The van der Waals surface area contributed by atoms with E-state index < -0.39 is 11.7 Å². The monoisotopic (exact) mass is 265 g/mol. The van der Waals surface area contributed by atoms with E-state index in [1.807, 2.05) is 6.92 Å². The maximum Gasteiger partial charge on any atom is 0.299 e. The predicted molar refractivity (Wildman–Crippen MR) is 68.1 cm³/mol. The maximum absolute atomic E-state index is 11.8. The fourth-order valence-corrected chi connectivity index (χ4v) is 2.12. The fourth-order valence-electron chi connectivity index (χ4n) is 1.96. The molecular formula is C13H12ClNO3. The standard InChI is InChI=1S/C13H12ClNO3/c1-2-3-9(16)7-15-11-6-8(14)4-5-10(11)12(17)13(15)18/h4-6H,2-3,7H2,1H3. The summed E-state index contributed by atoms with van der Waals surface area (Å²) in [7, 11) is 0. The summed E-state index contributed by atoms with van der Waals surface area (Å²) in [6.07, 6.45) is 1.12. The highest BCUT2D eigenvalue weighted by Gasteiger charge is 2.36. The van der Waals surface area contributed by atoms with Crippen LogP contribution >= 0.6 is 11.6 Å². The molecule has 0 bridgehead atoms. The van der Waals surface area contributed by atoms with Crippen molar-refractivity contribution >= 4 is 34.8 Å². The molecule has 4 nitrogen and oxygen atoms in total.